The summed E-state index contributed by atoms with van der Waals surface area (Å²) in [5.74, 6) is -1.06. The first-order chi connectivity index (χ1) is 8.49. The van der Waals surface area contributed by atoms with Crippen molar-refractivity contribution in [2.75, 3.05) is 0 Å². The highest BCUT2D eigenvalue weighted by Gasteiger charge is 2.15. The van der Waals surface area contributed by atoms with E-state index in [4.69, 9.17) is 16.7 Å². The van der Waals surface area contributed by atoms with Crippen molar-refractivity contribution < 1.29 is 9.90 Å². The Hall–Kier alpha value is -1.53. The largest absolute Gasteiger partial charge is 0.478 e. The molecule has 0 bridgehead atoms. The molecule has 2 heterocycles. The van der Waals surface area contributed by atoms with Crippen LogP contribution in [0.1, 0.15) is 16.1 Å². The molecule has 2 aromatic rings. The first-order valence-electron chi connectivity index (χ1n) is 5.05. The molecule has 5 nitrogen and oxygen atoms in total. The van der Waals surface area contributed by atoms with Crippen LogP contribution in [-0.2, 0) is 7.05 Å². The van der Waals surface area contributed by atoms with Crippen molar-refractivity contribution in [2.45, 2.75) is 17.0 Å². The number of aryl methyl sites for hydroxylation is 2. The van der Waals surface area contributed by atoms with Gasteiger partial charge in [-0.3, -0.25) is 4.68 Å². The number of aromatic carboxylic acids is 1. The van der Waals surface area contributed by atoms with Crippen LogP contribution in [0.5, 0.6) is 0 Å². The molecule has 0 aromatic carbocycles. The quantitative estimate of drug-likeness (QED) is 0.938. The summed E-state index contributed by atoms with van der Waals surface area (Å²) in [4.78, 5) is 15.1. The maximum atomic E-state index is 11.0. The first kappa shape index (κ1) is 12.9. The van der Waals surface area contributed by atoms with E-state index < -0.39 is 5.97 Å². The maximum absolute atomic E-state index is 11.0. The molecule has 0 spiro atoms. The van der Waals surface area contributed by atoms with Crippen LogP contribution in [0.25, 0.3) is 0 Å². The number of pyridine rings is 1. The number of nitrogens with zero attached hydrogens (tertiary/aromatic N) is 3. The standard InChI is InChI=1S/C11H10ClN3O2S/c1-6-5-8(15(2)14-6)18-10-9(12)7(11(16)17)3-4-13-10/h3-5H,1-2H3,(H,16,17). The maximum Gasteiger partial charge on any atom is 0.337 e. The molecule has 1 N–H and O–H groups in total. The Morgan fingerprint density at radius 2 is 2.28 bits per heavy atom. The molecule has 7 heteroatoms. The molecule has 0 saturated carbocycles. The van der Waals surface area contributed by atoms with Crippen LogP contribution in [0.15, 0.2) is 28.4 Å². The van der Waals surface area contributed by atoms with Gasteiger partial charge in [-0.25, -0.2) is 9.78 Å². The summed E-state index contributed by atoms with van der Waals surface area (Å²) in [6.45, 7) is 1.88. The van der Waals surface area contributed by atoms with Crippen molar-refractivity contribution in [1.29, 1.82) is 0 Å². The molecule has 2 aromatic heterocycles. The predicted octanol–water partition coefficient (Wildman–Crippen LogP) is 2.63. The Bertz CT molecular complexity index is 612. The lowest BCUT2D eigenvalue weighted by Crippen LogP contribution is -2.00. The smallest absolute Gasteiger partial charge is 0.337 e. The molecule has 18 heavy (non-hydrogen) atoms. The normalized spacial score (nSPS) is 10.6. The van der Waals surface area contributed by atoms with Crippen molar-refractivity contribution in [3.8, 4) is 0 Å². The van der Waals surface area contributed by atoms with Gasteiger partial charge in [0.1, 0.15) is 10.1 Å². The van der Waals surface area contributed by atoms with Gasteiger partial charge < -0.3 is 5.11 Å². The van der Waals surface area contributed by atoms with Gasteiger partial charge in [-0.15, -0.1) is 0 Å². The number of halogens is 1. The van der Waals surface area contributed by atoms with Crippen LogP contribution >= 0.6 is 23.4 Å². The van der Waals surface area contributed by atoms with Gasteiger partial charge in [0.15, 0.2) is 0 Å². The fourth-order valence-electron chi connectivity index (χ4n) is 1.44. The second kappa shape index (κ2) is 4.99. The number of carboxylic acid groups (broad SMARTS) is 1. The molecule has 0 atom stereocenters. The van der Waals surface area contributed by atoms with Crippen LogP contribution in [0.4, 0.5) is 0 Å². The molecule has 0 saturated heterocycles. The van der Waals surface area contributed by atoms with Gasteiger partial charge in [-0.05, 0) is 30.8 Å². The molecule has 0 unspecified atom stereocenters. The Kier molecular flexibility index (Phi) is 3.58. The Balaban J connectivity index is 2.38. The summed E-state index contributed by atoms with van der Waals surface area (Å²) in [6.07, 6.45) is 1.43. The zero-order valence-electron chi connectivity index (χ0n) is 9.72. The Morgan fingerprint density at radius 3 is 2.83 bits per heavy atom. The minimum Gasteiger partial charge on any atom is -0.478 e. The van der Waals surface area contributed by atoms with Gasteiger partial charge in [0, 0.05) is 13.2 Å². The zero-order valence-corrected chi connectivity index (χ0v) is 11.3. The third-order valence-corrected chi connectivity index (χ3v) is 3.84. The van der Waals surface area contributed by atoms with Crippen LogP contribution in [-0.4, -0.2) is 25.8 Å². The Morgan fingerprint density at radius 1 is 1.56 bits per heavy atom. The highest BCUT2D eigenvalue weighted by Crippen LogP contribution is 2.33. The van der Waals surface area contributed by atoms with Crippen molar-refractivity contribution >= 4 is 29.3 Å². The molecule has 0 amide bonds. The topological polar surface area (TPSA) is 68.0 Å². The third-order valence-electron chi connectivity index (χ3n) is 2.25. The summed E-state index contributed by atoms with van der Waals surface area (Å²) in [7, 11) is 1.81. The number of carboxylic acids is 1. The summed E-state index contributed by atoms with van der Waals surface area (Å²) in [5, 5.41) is 14.6. The number of aromatic nitrogens is 3. The van der Waals surface area contributed by atoms with E-state index in [1.165, 1.54) is 24.0 Å². The molecule has 0 radical (unpaired) electrons. The van der Waals surface area contributed by atoms with Crippen molar-refractivity contribution in [3.05, 3.63) is 34.6 Å². The second-order valence-corrected chi connectivity index (χ2v) is 5.02. The molecule has 94 valence electrons. The van der Waals surface area contributed by atoms with Crippen LogP contribution in [0.3, 0.4) is 0 Å². The van der Waals surface area contributed by atoms with Crippen molar-refractivity contribution in [1.82, 2.24) is 14.8 Å². The van der Waals surface area contributed by atoms with Crippen LogP contribution in [0.2, 0.25) is 5.02 Å². The van der Waals surface area contributed by atoms with E-state index in [9.17, 15) is 4.79 Å². The fraction of sp³-hybridized carbons (Fsp3) is 0.182. The highest BCUT2D eigenvalue weighted by molar-refractivity contribution is 7.99. The van der Waals surface area contributed by atoms with E-state index in [1.54, 1.807) is 4.68 Å². The van der Waals surface area contributed by atoms with E-state index >= 15 is 0 Å². The molecule has 0 fully saturated rings. The van der Waals surface area contributed by atoms with Gasteiger partial charge in [0.2, 0.25) is 0 Å². The Labute approximate surface area is 113 Å². The summed E-state index contributed by atoms with van der Waals surface area (Å²) < 4.78 is 1.70. The van der Waals surface area contributed by atoms with Gasteiger partial charge in [-0.2, -0.15) is 5.10 Å². The number of hydrogen-bond acceptors (Lipinski definition) is 4. The SMILES string of the molecule is Cc1cc(Sc2nccc(C(=O)O)c2Cl)n(C)n1. The predicted molar refractivity (Wildman–Crippen MR) is 68.3 cm³/mol. The number of hydrogen-bond donors (Lipinski definition) is 1. The zero-order chi connectivity index (χ0) is 13.3. The molecule has 0 aliphatic carbocycles. The number of carbonyl (C=O) groups is 1. The molecule has 2 rings (SSSR count). The van der Waals surface area contributed by atoms with Gasteiger partial charge in [0.25, 0.3) is 0 Å². The summed E-state index contributed by atoms with van der Waals surface area (Å²) >= 11 is 7.31. The summed E-state index contributed by atoms with van der Waals surface area (Å²) in [5.41, 5.74) is 0.929. The van der Waals surface area contributed by atoms with Crippen molar-refractivity contribution in [3.63, 3.8) is 0 Å². The lowest BCUT2D eigenvalue weighted by Gasteiger charge is -2.05. The average molecular weight is 284 g/mol. The monoisotopic (exact) mass is 283 g/mol. The fourth-order valence-corrected chi connectivity index (χ4v) is 2.66. The third kappa shape index (κ3) is 2.49. The minimum atomic E-state index is -1.06. The number of rotatable bonds is 3. The van der Waals surface area contributed by atoms with Gasteiger partial charge >= 0.3 is 5.97 Å². The van der Waals surface area contributed by atoms with E-state index in [0.717, 1.165) is 10.7 Å². The molecule has 0 aliphatic heterocycles. The molecular formula is C11H10ClN3O2S. The van der Waals surface area contributed by atoms with E-state index in [2.05, 4.69) is 10.1 Å². The lowest BCUT2D eigenvalue weighted by atomic mass is 10.3. The van der Waals surface area contributed by atoms with Gasteiger partial charge in [-0.1, -0.05) is 11.6 Å². The van der Waals surface area contributed by atoms with E-state index in [0.29, 0.717) is 5.03 Å². The summed E-state index contributed by atoms with van der Waals surface area (Å²) in [6, 6.07) is 3.26. The molecule has 0 aliphatic rings. The van der Waals surface area contributed by atoms with Crippen molar-refractivity contribution in [2.24, 2.45) is 7.05 Å². The van der Waals surface area contributed by atoms with Crippen LogP contribution < -0.4 is 0 Å². The average Bonchev–Trinajstić information content (AvgIpc) is 2.60. The second-order valence-electron chi connectivity index (χ2n) is 3.63. The minimum absolute atomic E-state index is 0.0491. The van der Waals surface area contributed by atoms with Crippen LogP contribution in [0, 0.1) is 6.92 Å². The van der Waals surface area contributed by atoms with Gasteiger partial charge in [0.05, 0.1) is 16.3 Å². The van der Waals surface area contributed by atoms with E-state index in [-0.39, 0.29) is 10.6 Å². The highest BCUT2D eigenvalue weighted by atomic mass is 35.5. The lowest BCUT2D eigenvalue weighted by molar-refractivity contribution is 0.0696. The molecular weight excluding hydrogens is 274 g/mol. The van der Waals surface area contributed by atoms with E-state index in [1.807, 2.05) is 20.0 Å². The first-order valence-corrected chi connectivity index (χ1v) is 6.25.